The van der Waals surface area contributed by atoms with E-state index in [2.05, 4.69) is 37.8 Å². The van der Waals surface area contributed by atoms with Crippen LogP contribution in [0.25, 0.3) is 0 Å². The third-order valence-electron chi connectivity index (χ3n) is 2.93. The van der Waals surface area contributed by atoms with Crippen molar-refractivity contribution in [1.82, 2.24) is 0 Å². The number of fused-ring (bicyclic) bond motifs is 1. The summed E-state index contributed by atoms with van der Waals surface area (Å²) in [5, 5.41) is 18.3. The fourth-order valence-corrected chi connectivity index (χ4v) is 3.42. The van der Waals surface area contributed by atoms with Crippen molar-refractivity contribution in [3.05, 3.63) is 38.1 Å². The molecule has 1 atom stereocenters. The summed E-state index contributed by atoms with van der Waals surface area (Å²) in [6.07, 6.45) is 5.45. The standard InChI is InChI=1S/C14H7Br2N3O/c1-2-9-12(7(5-17)6-18)10-3-8(15)4-11(16)13(10)20-14(9)19/h1,3-4,7,12H,19H2. The number of halogens is 2. The van der Waals surface area contributed by atoms with Gasteiger partial charge >= 0.3 is 0 Å². The first-order valence-electron chi connectivity index (χ1n) is 5.45. The summed E-state index contributed by atoms with van der Waals surface area (Å²) in [6.45, 7) is 0. The molecule has 0 saturated carbocycles. The Hall–Kier alpha value is -1.94. The van der Waals surface area contributed by atoms with Crippen LogP contribution in [0.4, 0.5) is 0 Å². The van der Waals surface area contributed by atoms with Crippen molar-refractivity contribution in [2.45, 2.75) is 5.92 Å². The van der Waals surface area contributed by atoms with Crippen LogP contribution in [-0.2, 0) is 0 Å². The molecule has 1 heterocycles. The van der Waals surface area contributed by atoms with Crippen molar-refractivity contribution in [2.24, 2.45) is 11.7 Å². The molecular formula is C14H7Br2N3O. The Bertz CT molecular complexity index is 721. The van der Waals surface area contributed by atoms with Crippen LogP contribution >= 0.6 is 31.9 Å². The maximum absolute atomic E-state index is 9.17. The number of benzene rings is 1. The number of allylic oxidation sites excluding steroid dienone is 1. The topological polar surface area (TPSA) is 82.8 Å². The Labute approximate surface area is 133 Å². The van der Waals surface area contributed by atoms with E-state index in [1.807, 2.05) is 12.1 Å². The molecule has 0 radical (unpaired) electrons. The van der Waals surface area contributed by atoms with Gasteiger partial charge in [-0.25, -0.2) is 0 Å². The van der Waals surface area contributed by atoms with Gasteiger partial charge in [0.25, 0.3) is 0 Å². The quantitative estimate of drug-likeness (QED) is 0.744. The molecule has 1 unspecified atom stereocenters. The number of hydrogen-bond donors (Lipinski definition) is 1. The molecule has 1 aromatic rings. The second-order valence-electron chi connectivity index (χ2n) is 4.04. The van der Waals surface area contributed by atoms with Gasteiger partial charge in [-0.1, -0.05) is 21.9 Å². The van der Waals surface area contributed by atoms with Crippen molar-refractivity contribution in [2.75, 3.05) is 0 Å². The number of nitriles is 2. The predicted molar refractivity (Wildman–Crippen MR) is 80.0 cm³/mol. The van der Waals surface area contributed by atoms with Crippen molar-refractivity contribution in [1.29, 1.82) is 10.5 Å². The minimum absolute atomic E-state index is 0.0449. The minimum Gasteiger partial charge on any atom is -0.439 e. The molecule has 1 aliphatic rings. The summed E-state index contributed by atoms with van der Waals surface area (Å²) in [4.78, 5) is 0. The van der Waals surface area contributed by atoms with E-state index in [-0.39, 0.29) is 5.88 Å². The second kappa shape index (κ2) is 5.59. The zero-order valence-electron chi connectivity index (χ0n) is 10.0. The average Bonchev–Trinajstić information content (AvgIpc) is 2.41. The minimum atomic E-state index is -0.941. The van der Waals surface area contributed by atoms with E-state index in [1.54, 1.807) is 12.1 Å². The van der Waals surface area contributed by atoms with Crippen LogP contribution in [-0.4, -0.2) is 0 Å². The lowest BCUT2D eigenvalue weighted by molar-refractivity contribution is 0.381. The van der Waals surface area contributed by atoms with E-state index >= 15 is 0 Å². The summed E-state index contributed by atoms with van der Waals surface area (Å²) in [5.41, 5.74) is 6.78. The number of nitrogens with two attached hydrogens (primary N) is 1. The first-order chi connectivity index (χ1) is 9.53. The Morgan fingerprint density at radius 2 is 1.95 bits per heavy atom. The highest BCUT2D eigenvalue weighted by atomic mass is 79.9. The predicted octanol–water partition coefficient (Wildman–Crippen LogP) is 3.15. The van der Waals surface area contributed by atoms with E-state index in [4.69, 9.17) is 16.9 Å². The van der Waals surface area contributed by atoms with Crippen molar-refractivity contribution in [3.8, 4) is 30.2 Å². The largest absolute Gasteiger partial charge is 0.439 e. The fraction of sp³-hybridized carbons (Fsp3) is 0.143. The molecule has 0 fully saturated rings. The van der Waals surface area contributed by atoms with Crippen molar-refractivity contribution < 1.29 is 4.74 Å². The first-order valence-corrected chi connectivity index (χ1v) is 7.04. The zero-order chi connectivity index (χ0) is 14.9. The molecule has 6 heteroatoms. The normalized spacial score (nSPS) is 16.7. The van der Waals surface area contributed by atoms with E-state index in [1.165, 1.54) is 0 Å². The van der Waals surface area contributed by atoms with E-state index < -0.39 is 11.8 Å². The molecular weight excluding hydrogens is 386 g/mol. The highest BCUT2D eigenvalue weighted by Crippen LogP contribution is 2.46. The van der Waals surface area contributed by atoms with E-state index in [9.17, 15) is 10.5 Å². The SMILES string of the molecule is C#CC1=C(N)Oc2c(Br)cc(Br)cc2C1C(C#N)C#N. The fourth-order valence-electron chi connectivity index (χ4n) is 2.08. The molecule has 0 bridgehead atoms. The highest BCUT2D eigenvalue weighted by molar-refractivity contribution is 9.11. The first kappa shape index (κ1) is 14.5. The van der Waals surface area contributed by atoms with Crippen LogP contribution < -0.4 is 10.5 Å². The monoisotopic (exact) mass is 391 g/mol. The van der Waals surface area contributed by atoms with Gasteiger partial charge in [-0.3, -0.25) is 0 Å². The van der Waals surface area contributed by atoms with Gasteiger partial charge < -0.3 is 10.5 Å². The molecule has 0 spiro atoms. The number of hydrogen-bond acceptors (Lipinski definition) is 4. The lowest BCUT2D eigenvalue weighted by Gasteiger charge is -2.28. The molecule has 4 nitrogen and oxygen atoms in total. The summed E-state index contributed by atoms with van der Waals surface area (Å²) < 4.78 is 6.97. The number of terminal acetylenes is 1. The van der Waals surface area contributed by atoms with Gasteiger partial charge in [-0.2, -0.15) is 10.5 Å². The van der Waals surface area contributed by atoms with Gasteiger partial charge in [0.2, 0.25) is 5.88 Å². The molecule has 20 heavy (non-hydrogen) atoms. The maximum Gasteiger partial charge on any atom is 0.203 e. The molecule has 0 saturated heterocycles. The molecule has 1 aromatic carbocycles. The van der Waals surface area contributed by atoms with Gasteiger partial charge in [0, 0.05) is 10.0 Å². The van der Waals surface area contributed by atoms with E-state index in [0.717, 1.165) is 4.47 Å². The van der Waals surface area contributed by atoms with Gasteiger partial charge in [-0.15, -0.1) is 6.42 Å². The third kappa shape index (κ3) is 2.27. The Morgan fingerprint density at radius 1 is 1.30 bits per heavy atom. The van der Waals surface area contributed by atoms with Crippen LogP contribution in [0, 0.1) is 40.9 Å². The third-order valence-corrected chi connectivity index (χ3v) is 3.97. The van der Waals surface area contributed by atoms with Gasteiger partial charge in [0.05, 0.1) is 28.1 Å². The van der Waals surface area contributed by atoms with Crippen LogP contribution in [0.2, 0.25) is 0 Å². The smallest absolute Gasteiger partial charge is 0.203 e. The summed E-state index contributed by atoms with van der Waals surface area (Å²) in [5.74, 6) is 1.41. The molecule has 98 valence electrons. The lowest BCUT2D eigenvalue weighted by Crippen LogP contribution is -2.24. The Kier molecular flexibility index (Phi) is 4.04. The number of rotatable bonds is 1. The van der Waals surface area contributed by atoms with Crippen LogP contribution in [0.15, 0.2) is 32.5 Å². The zero-order valence-corrected chi connectivity index (χ0v) is 13.2. The van der Waals surface area contributed by atoms with Crippen LogP contribution in [0.5, 0.6) is 5.75 Å². The Morgan fingerprint density at radius 3 is 2.50 bits per heavy atom. The maximum atomic E-state index is 9.17. The van der Waals surface area contributed by atoms with E-state index in [0.29, 0.717) is 21.4 Å². The van der Waals surface area contributed by atoms with Crippen molar-refractivity contribution in [3.63, 3.8) is 0 Å². The number of ether oxygens (including phenoxy) is 1. The van der Waals surface area contributed by atoms with Gasteiger partial charge in [0.15, 0.2) is 0 Å². The lowest BCUT2D eigenvalue weighted by atomic mass is 9.80. The Balaban J connectivity index is 2.75. The van der Waals surface area contributed by atoms with Crippen LogP contribution in [0.1, 0.15) is 11.5 Å². The summed E-state index contributed by atoms with van der Waals surface area (Å²) in [6, 6.07) is 7.47. The molecule has 0 aromatic heterocycles. The molecule has 1 aliphatic heterocycles. The van der Waals surface area contributed by atoms with Crippen LogP contribution in [0.3, 0.4) is 0 Å². The molecule has 0 amide bonds. The molecule has 2 N–H and O–H groups in total. The average molecular weight is 393 g/mol. The highest BCUT2D eigenvalue weighted by Gasteiger charge is 2.35. The summed E-state index contributed by atoms with van der Waals surface area (Å²) >= 11 is 6.74. The van der Waals surface area contributed by atoms with Gasteiger partial charge in [-0.05, 0) is 28.1 Å². The molecule has 2 rings (SSSR count). The van der Waals surface area contributed by atoms with Gasteiger partial charge in [0.1, 0.15) is 11.7 Å². The van der Waals surface area contributed by atoms with Crippen molar-refractivity contribution >= 4 is 31.9 Å². The number of nitrogens with zero attached hydrogens (tertiary/aromatic N) is 2. The second-order valence-corrected chi connectivity index (χ2v) is 5.81. The molecule has 0 aliphatic carbocycles. The summed E-state index contributed by atoms with van der Waals surface area (Å²) in [7, 11) is 0.